The zero-order valence-electron chi connectivity index (χ0n) is 19.2. The van der Waals surface area contributed by atoms with Crippen molar-refractivity contribution in [2.24, 2.45) is 5.92 Å². The minimum Gasteiger partial charge on any atom is -0.480 e. The summed E-state index contributed by atoms with van der Waals surface area (Å²) >= 11 is 0. The van der Waals surface area contributed by atoms with Gasteiger partial charge in [-0.05, 0) is 30.4 Å². The first kappa shape index (κ1) is 24.5. The minimum atomic E-state index is -0.942. The number of hydrogen-bond donors (Lipinski definition) is 1. The van der Waals surface area contributed by atoms with E-state index in [4.69, 9.17) is 4.74 Å². The lowest BCUT2D eigenvalue weighted by atomic mass is 9.90. The third-order valence-electron chi connectivity index (χ3n) is 6.50. The zero-order chi connectivity index (χ0) is 23.8. The molecule has 0 radical (unpaired) electrons. The summed E-state index contributed by atoms with van der Waals surface area (Å²) in [6.45, 7) is 2.46. The number of hydrogen-bond acceptors (Lipinski definition) is 5. The number of aldehydes is 1. The van der Waals surface area contributed by atoms with Crippen LogP contribution in [0.2, 0.25) is 0 Å². The van der Waals surface area contributed by atoms with Gasteiger partial charge in [-0.25, -0.2) is 4.79 Å². The summed E-state index contributed by atoms with van der Waals surface area (Å²) in [5.74, 6) is -1.25. The standard InChI is InChI=1S/C26H32N2O5/c1-3-21(17-29)23(14-19-10-6-4-7-11-19)28-16-22(15-24(28)25(30)31)27(2)26(32)33-18-20-12-8-5-9-13-20/h4-13,17,21-24H,3,14-16,18H2,1-2H3,(H,30,31)/t21-,22+,23+,24?/m0/s1. The molecule has 0 aliphatic carbocycles. The van der Waals surface area contributed by atoms with Gasteiger partial charge in [-0.2, -0.15) is 0 Å². The largest absolute Gasteiger partial charge is 0.480 e. The Kier molecular flexibility index (Phi) is 8.60. The van der Waals surface area contributed by atoms with E-state index in [1.165, 1.54) is 4.90 Å². The Morgan fingerprint density at radius 1 is 1.12 bits per heavy atom. The van der Waals surface area contributed by atoms with Crippen LogP contribution in [0.25, 0.3) is 0 Å². The highest BCUT2D eigenvalue weighted by molar-refractivity contribution is 5.75. The number of carbonyl (C=O) groups excluding carboxylic acids is 2. The molecule has 1 saturated heterocycles. The highest BCUT2D eigenvalue weighted by Crippen LogP contribution is 2.30. The predicted octanol–water partition coefficient (Wildman–Crippen LogP) is 3.62. The molecule has 3 rings (SSSR count). The third-order valence-corrected chi connectivity index (χ3v) is 6.50. The number of benzene rings is 2. The zero-order valence-corrected chi connectivity index (χ0v) is 19.2. The van der Waals surface area contributed by atoms with E-state index >= 15 is 0 Å². The van der Waals surface area contributed by atoms with Crippen molar-refractivity contribution in [3.05, 3.63) is 71.8 Å². The average Bonchev–Trinajstić information content (AvgIpc) is 3.29. The number of likely N-dealkylation sites (N-methyl/N-ethyl adjacent to an activating group) is 1. The van der Waals surface area contributed by atoms with Crippen molar-refractivity contribution in [1.29, 1.82) is 0 Å². The monoisotopic (exact) mass is 452 g/mol. The summed E-state index contributed by atoms with van der Waals surface area (Å²) in [5.41, 5.74) is 1.93. The van der Waals surface area contributed by atoms with Crippen molar-refractivity contribution in [3.8, 4) is 0 Å². The van der Waals surface area contributed by atoms with Crippen LogP contribution in [0.3, 0.4) is 0 Å². The molecule has 7 heteroatoms. The van der Waals surface area contributed by atoms with Crippen LogP contribution >= 0.6 is 0 Å². The van der Waals surface area contributed by atoms with E-state index in [-0.39, 0.29) is 31.0 Å². The fourth-order valence-electron chi connectivity index (χ4n) is 4.53. The fraction of sp³-hybridized carbons (Fsp3) is 0.423. The van der Waals surface area contributed by atoms with Crippen LogP contribution in [-0.2, 0) is 27.4 Å². The number of likely N-dealkylation sites (tertiary alicyclic amines) is 1. The van der Waals surface area contributed by atoms with Crippen LogP contribution in [0.15, 0.2) is 60.7 Å². The fourth-order valence-corrected chi connectivity index (χ4v) is 4.53. The molecule has 1 amide bonds. The second kappa shape index (κ2) is 11.6. The number of carboxylic acids is 1. The van der Waals surface area contributed by atoms with E-state index < -0.39 is 18.1 Å². The van der Waals surface area contributed by atoms with E-state index in [0.29, 0.717) is 19.4 Å². The molecule has 1 fully saturated rings. The van der Waals surface area contributed by atoms with Gasteiger partial charge < -0.3 is 19.5 Å². The molecule has 33 heavy (non-hydrogen) atoms. The normalized spacial score (nSPS) is 20.1. The maximum atomic E-state index is 12.7. The SMILES string of the molecule is CC[C@@H](C=O)[C@@H](Cc1ccccc1)N1C[C@H](N(C)C(=O)OCc2ccccc2)CC1C(=O)O. The summed E-state index contributed by atoms with van der Waals surface area (Å²) in [7, 11) is 1.64. The van der Waals surface area contributed by atoms with Gasteiger partial charge in [0, 0.05) is 31.6 Å². The van der Waals surface area contributed by atoms with Gasteiger partial charge >= 0.3 is 12.1 Å². The van der Waals surface area contributed by atoms with Crippen LogP contribution in [0.4, 0.5) is 4.79 Å². The van der Waals surface area contributed by atoms with Crippen LogP contribution in [0.5, 0.6) is 0 Å². The number of aliphatic carboxylic acids is 1. The van der Waals surface area contributed by atoms with Crippen molar-refractivity contribution in [3.63, 3.8) is 0 Å². The second-order valence-corrected chi connectivity index (χ2v) is 8.56. The molecule has 1 aliphatic heterocycles. The molecule has 1 unspecified atom stereocenters. The summed E-state index contributed by atoms with van der Waals surface area (Å²) in [6, 6.07) is 17.8. The van der Waals surface area contributed by atoms with Crippen LogP contribution < -0.4 is 0 Å². The Hall–Kier alpha value is -3.19. The Morgan fingerprint density at radius 2 is 1.73 bits per heavy atom. The quantitative estimate of drug-likeness (QED) is 0.554. The second-order valence-electron chi connectivity index (χ2n) is 8.56. The van der Waals surface area contributed by atoms with Crippen molar-refractivity contribution >= 4 is 18.3 Å². The molecule has 176 valence electrons. The first-order chi connectivity index (χ1) is 15.9. The number of rotatable bonds is 10. The lowest BCUT2D eigenvalue weighted by molar-refractivity contribution is -0.143. The molecule has 0 aromatic heterocycles. The maximum absolute atomic E-state index is 12.7. The topological polar surface area (TPSA) is 87.2 Å². The molecular formula is C26H32N2O5. The van der Waals surface area contributed by atoms with Crippen LogP contribution in [-0.4, -0.2) is 65.0 Å². The van der Waals surface area contributed by atoms with Gasteiger partial charge in [-0.3, -0.25) is 9.69 Å². The minimum absolute atomic E-state index is 0.155. The van der Waals surface area contributed by atoms with Crippen molar-refractivity contribution in [2.45, 2.75) is 50.9 Å². The average molecular weight is 453 g/mol. The number of nitrogens with zero attached hydrogens (tertiary/aromatic N) is 2. The van der Waals surface area contributed by atoms with Gasteiger partial charge in [0.05, 0.1) is 0 Å². The molecule has 0 saturated carbocycles. The summed E-state index contributed by atoms with van der Waals surface area (Å²) in [6.07, 6.45) is 1.90. The Balaban J connectivity index is 1.75. The molecular weight excluding hydrogens is 420 g/mol. The van der Waals surface area contributed by atoms with Crippen LogP contribution in [0, 0.1) is 5.92 Å². The highest BCUT2D eigenvalue weighted by atomic mass is 16.6. The smallest absolute Gasteiger partial charge is 0.410 e. The molecule has 4 atom stereocenters. The maximum Gasteiger partial charge on any atom is 0.410 e. The molecule has 1 N–H and O–H groups in total. The van der Waals surface area contributed by atoms with Crippen molar-refractivity contribution < 1.29 is 24.2 Å². The predicted molar refractivity (Wildman–Crippen MR) is 125 cm³/mol. The van der Waals surface area contributed by atoms with E-state index in [0.717, 1.165) is 17.4 Å². The first-order valence-corrected chi connectivity index (χ1v) is 11.4. The van der Waals surface area contributed by atoms with Gasteiger partial charge in [-0.15, -0.1) is 0 Å². The van der Waals surface area contributed by atoms with E-state index in [1.807, 2.05) is 72.5 Å². The highest BCUT2D eigenvalue weighted by Gasteiger charge is 2.44. The molecule has 1 aliphatic rings. The van der Waals surface area contributed by atoms with E-state index in [1.54, 1.807) is 7.05 Å². The Bertz CT molecular complexity index is 921. The lowest BCUT2D eigenvalue weighted by Crippen LogP contribution is -2.49. The number of ether oxygens (including phenoxy) is 1. The van der Waals surface area contributed by atoms with Gasteiger partial charge in [0.2, 0.25) is 0 Å². The summed E-state index contributed by atoms with van der Waals surface area (Å²) in [4.78, 5) is 40.1. The number of amides is 1. The van der Waals surface area contributed by atoms with Gasteiger partial charge in [0.25, 0.3) is 0 Å². The molecule has 0 bridgehead atoms. The molecule has 0 spiro atoms. The number of carboxylic acid groups (broad SMARTS) is 1. The number of carbonyl (C=O) groups is 3. The Morgan fingerprint density at radius 3 is 2.27 bits per heavy atom. The summed E-state index contributed by atoms with van der Waals surface area (Å²) in [5, 5.41) is 9.95. The van der Waals surface area contributed by atoms with E-state index in [2.05, 4.69) is 0 Å². The third kappa shape index (κ3) is 6.20. The summed E-state index contributed by atoms with van der Waals surface area (Å²) < 4.78 is 5.44. The molecule has 2 aromatic carbocycles. The van der Waals surface area contributed by atoms with Crippen molar-refractivity contribution in [2.75, 3.05) is 13.6 Å². The molecule has 2 aromatic rings. The lowest BCUT2D eigenvalue weighted by Gasteiger charge is -2.35. The van der Waals surface area contributed by atoms with E-state index in [9.17, 15) is 19.5 Å². The first-order valence-electron chi connectivity index (χ1n) is 11.4. The van der Waals surface area contributed by atoms with Gasteiger partial charge in [0.1, 0.15) is 18.9 Å². The van der Waals surface area contributed by atoms with Crippen molar-refractivity contribution in [1.82, 2.24) is 9.80 Å². The Labute approximate surface area is 195 Å². The van der Waals surface area contributed by atoms with Gasteiger partial charge in [0.15, 0.2) is 0 Å². The van der Waals surface area contributed by atoms with Crippen LogP contribution in [0.1, 0.15) is 30.9 Å². The molecule has 1 heterocycles. The molecule has 7 nitrogen and oxygen atoms in total. The van der Waals surface area contributed by atoms with Gasteiger partial charge in [-0.1, -0.05) is 67.6 Å².